The molecule has 2 heterocycles. The maximum absolute atomic E-state index is 13.8. The average Bonchev–Trinajstić information content (AvgIpc) is 2.95. The number of likely N-dealkylation sites (N-methyl/N-ethyl adjacent to an activating group) is 1. The van der Waals surface area contributed by atoms with Gasteiger partial charge in [0, 0.05) is 37.0 Å². The van der Waals surface area contributed by atoms with Crippen LogP contribution in [0.4, 0.5) is 4.79 Å². The Morgan fingerprint density at radius 1 is 1.02 bits per heavy atom. The SMILES string of the molecule is COc1ccc(C2=NN(C3CCN(C(=O)[C@H](CN(C)C)NC(=O)OC(C)(C)C)CC3)C(=O)[C@@H]3CCCC[C@H]23)cc1OC. The van der Waals surface area contributed by atoms with Crippen molar-refractivity contribution >= 4 is 23.6 Å². The maximum atomic E-state index is 13.8. The molecule has 1 aromatic carbocycles. The molecule has 0 bridgehead atoms. The van der Waals surface area contributed by atoms with Crippen molar-refractivity contribution < 1.29 is 28.6 Å². The average molecular weight is 586 g/mol. The molecule has 3 atom stereocenters. The van der Waals surface area contributed by atoms with Crippen LogP contribution in [-0.4, -0.2) is 104 Å². The Morgan fingerprint density at radius 2 is 1.67 bits per heavy atom. The zero-order chi connectivity index (χ0) is 30.6. The first kappa shape index (κ1) is 31.6. The van der Waals surface area contributed by atoms with Gasteiger partial charge in [-0.2, -0.15) is 5.10 Å². The number of carbonyl (C=O) groups excluding carboxylic acids is 3. The third-order valence-electron chi connectivity index (χ3n) is 8.21. The van der Waals surface area contributed by atoms with Gasteiger partial charge in [0.25, 0.3) is 0 Å². The van der Waals surface area contributed by atoms with Crippen LogP contribution in [0.25, 0.3) is 0 Å². The van der Waals surface area contributed by atoms with Gasteiger partial charge in [0.05, 0.1) is 26.0 Å². The van der Waals surface area contributed by atoms with Gasteiger partial charge in [0.2, 0.25) is 11.8 Å². The Labute approximate surface area is 249 Å². The van der Waals surface area contributed by atoms with E-state index in [1.807, 2.05) is 37.2 Å². The van der Waals surface area contributed by atoms with Crippen LogP contribution in [0, 0.1) is 11.8 Å². The summed E-state index contributed by atoms with van der Waals surface area (Å²) in [4.78, 5) is 43.4. The van der Waals surface area contributed by atoms with E-state index in [1.165, 1.54) is 0 Å². The minimum Gasteiger partial charge on any atom is -0.493 e. The first-order valence-electron chi connectivity index (χ1n) is 15.0. The van der Waals surface area contributed by atoms with Crippen LogP contribution in [-0.2, 0) is 14.3 Å². The number of nitrogens with one attached hydrogen (secondary N) is 1. The highest BCUT2D eigenvalue weighted by Crippen LogP contribution is 2.40. The summed E-state index contributed by atoms with van der Waals surface area (Å²) in [6.07, 6.45) is 4.50. The lowest BCUT2D eigenvalue weighted by Gasteiger charge is -2.43. The predicted octanol–water partition coefficient (Wildman–Crippen LogP) is 3.50. The summed E-state index contributed by atoms with van der Waals surface area (Å²) in [5.74, 6) is 1.20. The summed E-state index contributed by atoms with van der Waals surface area (Å²) >= 11 is 0. The fourth-order valence-electron chi connectivity index (χ4n) is 6.24. The van der Waals surface area contributed by atoms with Crippen molar-refractivity contribution in [2.24, 2.45) is 16.9 Å². The molecule has 2 fully saturated rings. The molecule has 1 N–H and O–H groups in total. The van der Waals surface area contributed by atoms with E-state index in [9.17, 15) is 14.4 Å². The molecule has 2 aliphatic heterocycles. The molecule has 0 spiro atoms. The lowest BCUT2D eigenvalue weighted by Crippen LogP contribution is -2.57. The van der Waals surface area contributed by atoms with Crippen molar-refractivity contribution in [3.05, 3.63) is 23.8 Å². The fourth-order valence-corrected chi connectivity index (χ4v) is 6.24. The Bertz CT molecular complexity index is 1170. The van der Waals surface area contributed by atoms with Crippen molar-refractivity contribution in [3.8, 4) is 11.5 Å². The Balaban J connectivity index is 1.51. The number of piperidine rings is 1. The van der Waals surface area contributed by atoms with Gasteiger partial charge in [-0.1, -0.05) is 12.8 Å². The summed E-state index contributed by atoms with van der Waals surface area (Å²) in [6.45, 7) is 6.67. The lowest BCUT2D eigenvalue weighted by molar-refractivity contribution is -0.143. The number of hydrazone groups is 1. The molecule has 0 radical (unpaired) electrons. The maximum Gasteiger partial charge on any atom is 0.408 e. The number of ether oxygens (including phenoxy) is 3. The van der Waals surface area contributed by atoms with Crippen LogP contribution in [0.2, 0.25) is 0 Å². The normalized spacial score (nSPS) is 22.3. The molecule has 4 rings (SSSR count). The molecule has 1 saturated heterocycles. The number of hydrogen-bond acceptors (Lipinski definition) is 8. The number of benzene rings is 1. The van der Waals surface area contributed by atoms with Gasteiger partial charge in [-0.25, -0.2) is 9.80 Å². The quantitative estimate of drug-likeness (QED) is 0.497. The predicted molar refractivity (Wildman–Crippen MR) is 160 cm³/mol. The summed E-state index contributed by atoms with van der Waals surface area (Å²) in [5, 5.41) is 9.47. The lowest BCUT2D eigenvalue weighted by atomic mass is 9.73. The van der Waals surface area contributed by atoms with Crippen LogP contribution in [0.15, 0.2) is 23.3 Å². The first-order valence-corrected chi connectivity index (χ1v) is 15.0. The number of likely N-dealkylation sites (tertiary alicyclic amines) is 1. The Hall–Kier alpha value is -3.34. The minimum atomic E-state index is -0.735. The Kier molecular flexibility index (Phi) is 10.0. The largest absolute Gasteiger partial charge is 0.493 e. The molecule has 1 saturated carbocycles. The molecule has 11 heteroatoms. The van der Waals surface area contributed by atoms with Gasteiger partial charge < -0.3 is 29.3 Å². The third-order valence-corrected chi connectivity index (χ3v) is 8.21. The van der Waals surface area contributed by atoms with Gasteiger partial charge in [-0.05, 0) is 78.7 Å². The van der Waals surface area contributed by atoms with Crippen LogP contribution in [0.3, 0.4) is 0 Å². The van der Waals surface area contributed by atoms with Crippen LogP contribution in [0.1, 0.15) is 64.9 Å². The zero-order valence-electron chi connectivity index (χ0n) is 26.1. The van der Waals surface area contributed by atoms with Crippen LogP contribution >= 0.6 is 0 Å². The van der Waals surface area contributed by atoms with E-state index in [0.29, 0.717) is 44.0 Å². The summed E-state index contributed by atoms with van der Waals surface area (Å²) in [5.41, 5.74) is 1.20. The van der Waals surface area contributed by atoms with Crippen molar-refractivity contribution in [1.82, 2.24) is 20.1 Å². The van der Waals surface area contributed by atoms with Crippen LogP contribution in [0.5, 0.6) is 11.5 Å². The minimum absolute atomic E-state index is 0.0768. The molecule has 11 nitrogen and oxygen atoms in total. The number of rotatable bonds is 8. The van der Waals surface area contributed by atoms with Crippen molar-refractivity contribution in [2.45, 2.75) is 77.0 Å². The number of nitrogens with zero attached hydrogens (tertiary/aromatic N) is 4. The highest BCUT2D eigenvalue weighted by Gasteiger charge is 2.44. The van der Waals surface area contributed by atoms with Gasteiger partial charge in [0.1, 0.15) is 11.6 Å². The second-order valence-electron chi connectivity index (χ2n) is 12.8. The van der Waals surface area contributed by atoms with E-state index in [0.717, 1.165) is 37.0 Å². The van der Waals surface area contributed by atoms with E-state index in [-0.39, 0.29) is 29.7 Å². The standard InChI is InChI=1S/C31H47N5O6/c1-31(2,3)42-30(39)32-24(19-34(4)5)29(38)35-16-14-21(15-17-35)36-28(37)23-11-9-8-10-22(23)27(33-36)20-12-13-25(40-6)26(18-20)41-7/h12-13,18,21-24H,8-11,14-17,19H2,1-7H3,(H,32,39)/t22-,23+,24-/m0/s1. The van der Waals surface area contributed by atoms with E-state index in [1.54, 1.807) is 44.9 Å². The van der Waals surface area contributed by atoms with E-state index >= 15 is 0 Å². The Morgan fingerprint density at radius 3 is 2.26 bits per heavy atom. The molecule has 0 unspecified atom stereocenters. The van der Waals surface area contributed by atoms with Gasteiger partial charge >= 0.3 is 6.09 Å². The molecule has 232 valence electrons. The van der Waals surface area contributed by atoms with Crippen LogP contribution < -0.4 is 14.8 Å². The zero-order valence-corrected chi connectivity index (χ0v) is 26.1. The molecule has 0 aromatic heterocycles. The number of amides is 3. The topological polar surface area (TPSA) is 113 Å². The second kappa shape index (κ2) is 13.3. The summed E-state index contributed by atoms with van der Waals surface area (Å²) in [6, 6.07) is 4.98. The van der Waals surface area contributed by atoms with E-state index in [2.05, 4.69) is 5.32 Å². The molecular weight excluding hydrogens is 538 g/mol. The second-order valence-corrected chi connectivity index (χ2v) is 12.8. The molecule has 42 heavy (non-hydrogen) atoms. The summed E-state index contributed by atoms with van der Waals surface area (Å²) in [7, 11) is 6.95. The van der Waals surface area contributed by atoms with Crippen molar-refractivity contribution in [3.63, 3.8) is 0 Å². The smallest absolute Gasteiger partial charge is 0.408 e. The first-order chi connectivity index (χ1) is 19.9. The number of alkyl carbamates (subject to hydrolysis) is 1. The summed E-state index contributed by atoms with van der Waals surface area (Å²) < 4.78 is 16.4. The molecule has 3 amide bonds. The number of fused-ring (bicyclic) bond motifs is 1. The molecular formula is C31H47N5O6. The number of methoxy groups -OCH3 is 2. The third kappa shape index (κ3) is 7.35. The number of hydrogen-bond donors (Lipinski definition) is 1. The van der Waals surface area contributed by atoms with Crippen molar-refractivity contribution in [2.75, 3.05) is 47.9 Å². The van der Waals surface area contributed by atoms with E-state index in [4.69, 9.17) is 19.3 Å². The molecule has 3 aliphatic rings. The monoisotopic (exact) mass is 585 g/mol. The molecule has 1 aliphatic carbocycles. The van der Waals surface area contributed by atoms with Gasteiger partial charge in [-0.15, -0.1) is 0 Å². The fraction of sp³-hybridized carbons (Fsp3) is 0.677. The van der Waals surface area contributed by atoms with Gasteiger partial charge in [0.15, 0.2) is 11.5 Å². The van der Waals surface area contributed by atoms with Crippen molar-refractivity contribution in [1.29, 1.82) is 0 Å². The number of carbonyl (C=O) groups is 3. The highest BCUT2D eigenvalue weighted by molar-refractivity contribution is 6.07. The van der Waals surface area contributed by atoms with E-state index < -0.39 is 17.7 Å². The van der Waals surface area contributed by atoms with Gasteiger partial charge in [-0.3, -0.25) is 9.59 Å². The molecule has 1 aromatic rings. The highest BCUT2D eigenvalue weighted by atomic mass is 16.6.